The van der Waals surface area contributed by atoms with Gasteiger partial charge < -0.3 is 14.8 Å². The number of fused-ring (bicyclic) bond motifs is 1. The minimum Gasteiger partial charge on any atom is -0.493 e. The lowest BCUT2D eigenvalue weighted by molar-refractivity contribution is -0.115. The summed E-state index contributed by atoms with van der Waals surface area (Å²) in [7, 11) is 3.28. The molecule has 1 amide bonds. The van der Waals surface area contributed by atoms with Gasteiger partial charge in [0.05, 0.1) is 14.2 Å². The second-order valence-corrected chi connectivity index (χ2v) is 10.7. The molecule has 5 nitrogen and oxygen atoms in total. The molecule has 2 N–H and O–H groups in total. The van der Waals surface area contributed by atoms with Crippen molar-refractivity contribution < 1.29 is 14.3 Å². The maximum Gasteiger partial charge on any atom is 0.273 e. The molecule has 0 radical (unpaired) electrons. The van der Waals surface area contributed by atoms with Gasteiger partial charge in [-0.3, -0.25) is 10.1 Å². The van der Waals surface area contributed by atoms with Crippen molar-refractivity contribution in [1.82, 2.24) is 10.6 Å². The third kappa shape index (κ3) is 4.12. The average molecular weight is 465 g/mol. The monoisotopic (exact) mass is 464 g/mol. The number of hydrogen-bond donors (Lipinski definition) is 2. The summed E-state index contributed by atoms with van der Waals surface area (Å²) in [5.41, 5.74) is 7.48. The lowest BCUT2D eigenvalue weighted by Gasteiger charge is -2.42. The fraction of sp³-hybridized carbons (Fsp3) is 0.407. The van der Waals surface area contributed by atoms with Crippen molar-refractivity contribution in [2.45, 2.75) is 58.3 Å². The van der Waals surface area contributed by atoms with E-state index >= 15 is 0 Å². The third-order valence-corrected chi connectivity index (χ3v) is 7.22. The molecule has 4 rings (SSSR count). The molecule has 1 heterocycles. The summed E-state index contributed by atoms with van der Waals surface area (Å²) < 4.78 is 11.5. The van der Waals surface area contributed by atoms with Crippen molar-refractivity contribution in [3.05, 3.63) is 52.2 Å². The van der Waals surface area contributed by atoms with E-state index in [-0.39, 0.29) is 16.7 Å². The van der Waals surface area contributed by atoms with Crippen molar-refractivity contribution in [2.75, 3.05) is 14.2 Å². The van der Waals surface area contributed by atoms with E-state index in [1.807, 2.05) is 12.1 Å². The molecule has 2 aromatic rings. The minimum atomic E-state index is -0.245. The fourth-order valence-electron chi connectivity index (χ4n) is 4.93. The predicted octanol–water partition coefficient (Wildman–Crippen LogP) is 5.37. The molecule has 33 heavy (non-hydrogen) atoms. The largest absolute Gasteiger partial charge is 0.493 e. The average Bonchev–Trinajstić information content (AvgIpc) is 3.07. The Morgan fingerprint density at radius 1 is 0.909 bits per heavy atom. The van der Waals surface area contributed by atoms with Crippen LogP contribution < -0.4 is 20.1 Å². The molecule has 0 atom stereocenters. The van der Waals surface area contributed by atoms with E-state index < -0.39 is 0 Å². The number of rotatable bonds is 4. The number of benzene rings is 2. The highest BCUT2D eigenvalue weighted by Gasteiger charge is 2.37. The van der Waals surface area contributed by atoms with Gasteiger partial charge in [0.2, 0.25) is 0 Å². The standard InChI is InChI=1S/C27H32N2O3S/c1-15-10-19-20(27(4,5)9-8-26(19,2)3)14-17(15)18-11-16(13-22(31-6)23(18)32-7)12-21-24(30)29-25(33)28-21/h10-14H,8-9H2,1-7H3,(H2,28,29,30,33)/b21-12-. The van der Waals surface area contributed by atoms with Gasteiger partial charge in [0, 0.05) is 5.56 Å². The number of carbonyl (C=O) groups is 1. The number of ether oxygens (including phenoxy) is 2. The quantitative estimate of drug-likeness (QED) is 0.470. The smallest absolute Gasteiger partial charge is 0.273 e. The Morgan fingerprint density at radius 2 is 1.55 bits per heavy atom. The van der Waals surface area contributed by atoms with Crippen molar-refractivity contribution in [1.29, 1.82) is 0 Å². The molecule has 0 unspecified atom stereocenters. The number of amides is 1. The molecule has 1 aliphatic carbocycles. The zero-order chi connectivity index (χ0) is 24.1. The molecule has 1 aliphatic heterocycles. The summed E-state index contributed by atoms with van der Waals surface area (Å²) in [4.78, 5) is 12.2. The number of hydrogen-bond acceptors (Lipinski definition) is 4. The molecule has 2 aromatic carbocycles. The topological polar surface area (TPSA) is 59.6 Å². The maximum absolute atomic E-state index is 12.2. The van der Waals surface area contributed by atoms with Crippen LogP contribution in [-0.4, -0.2) is 25.2 Å². The molecule has 0 saturated carbocycles. The van der Waals surface area contributed by atoms with E-state index in [0.29, 0.717) is 22.3 Å². The van der Waals surface area contributed by atoms with Gasteiger partial charge >= 0.3 is 0 Å². The van der Waals surface area contributed by atoms with Crippen LogP contribution >= 0.6 is 12.2 Å². The van der Waals surface area contributed by atoms with Crippen LogP contribution in [0, 0.1) is 6.92 Å². The Morgan fingerprint density at radius 3 is 2.09 bits per heavy atom. The molecular weight excluding hydrogens is 432 g/mol. The summed E-state index contributed by atoms with van der Waals surface area (Å²) in [5, 5.41) is 5.82. The highest BCUT2D eigenvalue weighted by atomic mass is 32.1. The van der Waals surface area contributed by atoms with E-state index in [1.54, 1.807) is 20.3 Å². The fourth-order valence-corrected chi connectivity index (χ4v) is 5.13. The number of aryl methyl sites for hydroxylation is 1. The highest BCUT2D eigenvalue weighted by molar-refractivity contribution is 7.80. The third-order valence-electron chi connectivity index (χ3n) is 7.02. The molecule has 6 heteroatoms. The molecule has 0 aromatic heterocycles. The lowest BCUT2D eigenvalue weighted by atomic mass is 9.62. The van der Waals surface area contributed by atoms with E-state index in [4.69, 9.17) is 21.7 Å². The van der Waals surface area contributed by atoms with Gasteiger partial charge in [-0.1, -0.05) is 33.8 Å². The van der Waals surface area contributed by atoms with E-state index in [2.05, 4.69) is 57.4 Å². The van der Waals surface area contributed by atoms with Crippen LogP contribution in [0.15, 0.2) is 30.0 Å². The predicted molar refractivity (Wildman–Crippen MR) is 137 cm³/mol. The number of nitrogens with one attached hydrogen (secondary N) is 2. The van der Waals surface area contributed by atoms with E-state index in [9.17, 15) is 4.79 Å². The van der Waals surface area contributed by atoms with Crippen LogP contribution in [0.25, 0.3) is 17.2 Å². The first-order chi connectivity index (χ1) is 15.5. The normalized spacial score (nSPS) is 19.7. The van der Waals surface area contributed by atoms with Gasteiger partial charge in [0.25, 0.3) is 5.91 Å². The van der Waals surface area contributed by atoms with Crippen LogP contribution in [0.3, 0.4) is 0 Å². The summed E-state index contributed by atoms with van der Waals surface area (Å²) in [5.74, 6) is 1.04. The minimum absolute atomic E-state index is 0.0891. The Balaban J connectivity index is 1.94. The zero-order valence-corrected chi connectivity index (χ0v) is 21.3. The van der Waals surface area contributed by atoms with Crippen LogP contribution in [0.1, 0.15) is 62.8 Å². The molecule has 2 aliphatic rings. The van der Waals surface area contributed by atoms with Crippen LogP contribution in [0.2, 0.25) is 0 Å². The van der Waals surface area contributed by atoms with Crippen molar-refractivity contribution in [3.8, 4) is 22.6 Å². The highest BCUT2D eigenvalue weighted by Crippen LogP contribution is 2.49. The number of carbonyl (C=O) groups excluding carboxylic acids is 1. The Bertz CT molecular complexity index is 1190. The zero-order valence-electron chi connectivity index (χ0n) is 20.4. The van der Waals surface area contributed by atoms with Crippen molar-refractivity contribution >= 4 is 29.3 Å². The van der Waals surface area contributed by atoms with Gasteiger partial charge in [-0.05, 0) is 94.9 Å². The maximum atomic E-state index is 12.2. The van der Waals surface area contributed by atoms with Gasteiger partial charge in [-0.25, -0.2) is 0 Å². The molecule has 1 saturated heterocycles. The molecule has 1 fully saturated rings. The van der Waals surface area contributed by atoms with Gasteiger partial charge in [0.1, 0.15) is 5.70 Å². The first-order valence-corrected chi connectivity index (χ1v) is 11.6. The van der Waals surface area contributed by atoms with Crippen molar-refractivity contribution in [2.24, 2.45) is 0 Å². The molecular formula is C27H32N2O3S. The van der Waals surface area contributed by atoms with Crippen LogP contribution in [0.4, 0.5) is 0 Å². The molecule has 0 spiro atoms. The summed E-state index contributed by atoms with van der Waals surface area (Å²) in [6.07, 6.45) is 4.09. The Labute approximate surface area is 201 Å². The van der Waals surface area contributed by atoms with E-state index in [0.717, 1.165) is 23.1 Å². The first kappa shape index (κ1) is 23.3. The molecule has 174 valence electrons. The van der Waals surface area contributed by atoms with Crippen LogP contribution in [-0.2, 0) is 15.6 Å². The van der Waals surface area contributed by atoms with Gasteiger partial charge in [-0.15, -0.1) is 0 Å². The lowest BCUT2D eigenvalue weighted by Crippen LogP contribution is -2.34. The second-order valence-electron chi connectivity index (χ2n) is 10.3. The SMILES string of the molecule is COc1cc(/C=C2\NC(=S)NC2=O)cc(-c2cc3c(cc2C)C(C)(C)CCC3(C)C)c1OC. The summed E-state index contributed by atoms with van der Waals surface area (Å²) >= 11 is 5.07. The van der Waals surface area contributed by atoms with E-state index in [1.165, 1.54) is 23.1 Å². The second kappa shape index (κ2) is 8.17. The number of thiocarbonyl (C=S) groups is 1. The summed E-state index contributed by atoms with van der Waals surface area (Å²) in [6, 6.07) is 8.58. The van der Waals surface area contributed by atoms with Gasteiger partial charge in [-0.2, -0.15) is 0 Å². The summed E-state index contributed by atoms with van der Waals surface area (Å²) in [6.45, 7) is 11.5. The number of methoxy groups -OCH3 is 2. The van der Waals surface area contributed by atoms with Crippen LogP contribution in [0.5, 0.6) is 11.5 Å². The molecule has 0 bridgehead atoms. The first-order valence-electron chi connectivity index (χ1n) is 11.2. The Kier molecular flexibility index (Phi) is 5.77. The van der Waals surface area contributed by atoms with Crippen molar-refractivity contribution in [3.63, 3.8) is 0 Å². The van der Waals surface area contributed by atoms with Gasteiger partial charge in [0.15, 0.2) is 16.6 Å². The Hall–Kier alpha value is -2.86.